The molecule has 5 rings (SSSR count). The predicted octanol–water partition coefficient (Wildman–Crippen LogP) is 5.58. The minimum absolute atomic E-state index is 0.250. The van der Waals surface area contributed by atoms with Crippen molar-refractivity contribution >= 4 is 72.8 Å². The van der Waals surface area contributed by atoms with Crippen molar-refractivity contribution in [1.29, 1.82) is 0 Å². The summed E-state index contributed by atoms with van der Waals surface area (Å²) in [5.41, 5.74) is 1.26. The van der Waals surface area contributed by atoms with Gasteiger partial charge in [-0.3, -0.25) is 9.59 Å². The Morgan fingerprint density at radius 1 is 0.759 bits per heavy atom. The quantitative estimate of drug-likeness (QED) is 0.328. The molecule has 0 aliphatic rings. The van der Waals surface area contributed by atoms with Gasteiger partial charge in [-0.25, -0.2) is 0 Å². The average Bonchev–Trinajstić information content (AvgIpc) is 2.67. The van der Waals surface area contributed by atoms with Crippen molar-refractivity contribution in [3.63, 3.8) is 0 Å². The summed E-state index contributed by atoms with van der Waals surface area (Å²) in [7, 11) is 3.58. The first-order chi connectivity index (χ1) is 13.9. The Balaban J connectivity index is 2.13. The van der Waals surface area contributed by atoms with Crippen LogP contribution in [0.15, 0.2) is 60.9 Å². The number of anilines is 1. The molecule has 0 aliphatic carbocycles. The zero-order chi connectivity index (χ0) is 20.4. The van der Waals surface area contributed by atoms with Crippen molar-refractivity contribution in [2.24, 2.45) is 0 Å². The highest BCUT2D eigenvalue weighted by Crippen LogP contribution is 2.37. The number of benzene rings is 3. The second-order valence-corrected chi connectivity index (χ2v) is 7.78. The SMILES string of the molecule is CN(C)c1c2oc3cccc(Cl)c3c(=O)c2cc2c(=O)c3c(Cl)cccc3oc12. The summed E-state index contributed by atoms with van der Waals surface area (Å²) in [5.74, 6) is 0. The Hall–Kier alpha value is -3.02. The van der Waals surface area contributed by atoms with E-state index in [0.29, 0.717) is 38.1 Å². The fourth-order valence-electron chi connectivity index (χ4n) is 3.69. The average molecular weight is 426 g/mol. The van der Waals surface area contributed by atoms with Gasteiger partial charge in [0.25, 0.3) is 0 Å². The molecule has 0 fully saturated rings. The standard InChI is InChI=1S/C22H13Cl2NO4/c1-25(2)18-21-10(19(26)16-12(23)5-3-7-14(16)28-21)9-11-20(27)17-13(24)6-4-8-15(17)29-22(11)18/h3-9H,1-2H3. The monoisotopic (exact) mass is 425 g/mol. The molecule has 3 aromatic carbocycles. The fraction of sp³-hybridized carbons (Fsp3) is 0.0909. The minimum atomic E-state index is -0.310. The predicted molar refractivity (Wildman–Crippen MR) is 118 cm³/mol. The van der Waals surface area contributed by atoms with E-state index in [9.17, 15) is 9.59 Å². The van der Waals surface area contributed by atoms with E-state index in [2.05, 4.69) is 0 Å². The van der Waals surface area contributed by atoms with E-state index in [1.807, 2.05) is 0 Å². The van der Waals surface area contributed by atoms with Crippen LogP contribution in [0.4, 0.5) is 5.69 Å². The molecular formula is C22H13Cl2NO4. The van der Waals surface area contributed by atoms with Crippen molar-refractivity contribution in [2.45, 2.75) is 0 Å². The molecule has 0 saturated carbocycles. The molecule has 0 amide bonds. The van der Waals surface area contributed by atoms with Crippen LogP contribution in [0.25, 0.3) is 43.9 Å². The highest BCUT2D eigenvalue weighted by atomic mass is 35.5. The van der Waals surface area contributed by atoms with E-state index in [0.717, 1.165) is 0 Å². The summed E-state index contributed by atoms with van der Waals surface area (Å²) >= 11 is 12.5. The molecule has 0 aliphatic heterocycles. The number of hydrogen-bond donors (Lipinski definition) is 0. The summed E-state index contributed by atoms with van der Waals surface area (Å²) < 4.78 is 12.1. The molecular weight excluding hydrogens is 413 g/mol. The molecule has 2 aromatic heterocycles. The van der Waals surface area contributed by atoms with E-state index in [-0.39, 0.29) is 32.4 Å². The highest BCUT2D eigenvalue weighted by molar-refractivity contribution is 6.36. The van der Waals surface area contributed by atoms with E-state index >= 15 is 0 Å². The van der Waals surface area contributed by atoms with Gasteiger partial charge in [-0.2, -0.15) is 0 Å². The molecule has 0 N–H and O–H groups in total. The first kappa shape index (κ1) is 18.0. The van der Waals surface area contributed by atoms with E-state index in [1.54, 1.807) is 55.4 Å². The second-order valence-electron chi connectivity index (χ2n) is 6.96. The zero-order valence-electron chi connectivity index (χ0n) is 15.4. The molecule has 0 radical (unpaired) electrons. The Morgan fingerprint density at radius 3 is 1.62 bits per heavy atom. The molecule has 0 spiro atoms. The topological polar surface area (TPSA) is 63.7 Å². The molecule has 5 nitrogen and oxygen atoms in total. The van der Waals surface area contributed by atoms with Crippen LogP contribution < -0.4 is 15.8 Å². The van der Waals surface area contributed by atoms with Gasteiger partial charge in [-0.05, 0) is 30.3 Å². The number of halogens is 2. The summed E-state index contributed by atoms with van der Waals surface area (Å²) in [6.45, 7) is 0. The lowest BCUT2D eigenvalue weighted by Crippen LogP contribution is -2.14. The number of fused-ring (bicyclic) bond motifs is 4. The Bertz CT molecular complexity index is 1490. The molecule has 2 heterocycles. The fourth-order valence-corrected chi connectivity index (χ4v) is 4.20. The number of rotatable bonds is 1. The molecule has 0 atom stereocenters. The van der Waals surface area contributed by atoms with E-state index < -0.39 is 0 Å². The number of nitrogens with zero attached hydrogens (tertiary/aromatic N) is 1. The molecule has 0 bridgehead atoms. The summed E-state index contributed by atoms with van der Waals surface area (Å²) in [5, 5.41) is 1.63. The molecule has 7 heteroatoms. The first-order valence-electron chi connectivity index (χ1n) is 8.79. The second kappa shape index (κ2) is 6.24. The van der Waals surface area contributed by atoms with Gasteiger partial charge in [0.15, 0.2) is 11.2 Å². The lowest BCUT2D eigenvalue weighted by Gasteiger charge is -2.17. The van der Waals surface area contributed by atoms with Gasteiger partial charge in [0.1, 0.15) is 16.9 Å². The smallest absolute Gasteiger partial charge is 0.202 e. The number of hydrogen-bond acceptors (Lipinski definition) is 5. The highest BCUT2D eigenvalue weighted by Gasteiger charge is 2.22. The van der Waals surface area contributed by atoms with Gasteiger partial charge >= 0.3 is 0 Å². The lowest BCUT2D eigenvalue weighted by molar-refractivity contribution is 0.645. The van der Waals surface area contributed by atoms with Crippen molar-refractivity contribution in [1.82, 2.24) is 0 Å². The molecule has 29 heavy (non-hydrogen) atoms. The Kier molecular flexibility index (Phi) is 3.88. The van der Waals surface area contributed by atoms with Crippen LogP contribution in [0.1, 0.15) is 0 Å². The van der Waals surface area contributed by atoms with Crippen LogP contribution >= 0.6 is 23.2 Å². The Labute approximate surface area is 173 Å². The third kappa shape index (κ3) is 2.48. The zero-order valence-corrected chi connectivity index (χ0v) is 16.9. The van der Waals surface area contributed by atoms with Gasteiger partial charge in [-0.1, -0.05) is 35.3 Å². The minimum Gasteiger partial charge on any atom is -0.453 e. The van der Waals surface area contributed by atoms with Crippen molar-refractivity contribution in [2.75, 3.05) is 19.0 Å². The Morgan fingerprint density at radius 2 is 1.21 bits per heavy atom. The van der Waals surface area contributed by atoms with Gasteiger partial charge < -0.3 is 13.7 Å². The van der Waals surface area contributed by atoms with Gasteiger partial charge in [0, 0.05) is 14.1 Å². The van der Waals surface area contributed by atoms with Gasteiger partial charge in [-0.15, -0.1) is 0 Å². The van der Waals surface area contributed by atoms with Gasteiger partial charge in [0.2, 0.25) is 10.9 Å². The largest absolute Gasteiger partial charge is 0.453 e. The lowest BCUT2D eigenvalue weighted by atomic mass is 10.1. The van der Waals surface area contributed by atoms with Crippen molar-refractivity contribution < 1.29 is 8.83 Å². The summed E-state index contributed by atoms with van der Waals surface area (Å²) in [6, 6.07) is 11.5. The first-order valence-corrected chi connectivity index (χ1v) is 9.54. The van der Waals surface area contributed by atoms with Crippen molar-refractivity contribution in [3.05, 3.63) is 73.0 Å². The normalized spacial score (nSPS) is 11.7. The van der Waals surface area contributed by atoms with Crippen LogP contribution in [0.2, 0.25) is 10.0 Å². The maximum atomic E-state index is 13.2. The molecule has 0 unspecified atom stereocenters. The van der Waals surface area contributed by atoms with Crippen LogP contribution in [-0.2, 0) is 0 Å². The van der Waals surface area contributed by atoms with E-state index in [1.165, 1.54) is 6.07 Å². The maximum absolute atomic E-state index is 13.2. The van der Waals surface area contributed by atoms with Crippen LogP contribution in [-0.4, -0.2) is 14.1 Å². The third-order valence-corrected chi connectivity index (χ3v) is 5.60. The van der Waals surface area contributed by atoms with Crippen LogP contribution in [0.5, 0.6) is 0 Å². The summed E-state index contributed by atoms with van der Waals surface area (Å²) in [6.07, 6.45) is 0. The molecule has 5 aromatic rings. The maximum Gasteiger partial charge on any atom is 0.202 e. The van der Waals surface area contributed by atoms with Gasteiger partial charge in [0.05, 0.1) is 31.6 Å². The van der Waals surface area contributed by atoms with Crippen LogP contribution in [0, 0.1) is 0 Å². The molecule has 0 saturated heterocycles. The molecule has 144 valence electrons. The summed E-state index contributed by atoms with van der Waals surface area (Å²) in [4.78, 5) is 28.2. The van der Waals surface area contributed by atoms with Crippen LogP contribution in [0.3, 0.4) is 0 Å². The van der Waals surface area contributed by atoms with Crippen molar-refractivity contribution in [3.8, 4) is 0 Å². The van der Waals surface area contributed by atoms with E-state index in [4.69, 9.17) is 32.0 Å². The third-order valence-electron chi connectivity index (χ3n) is 4.97.